The second-order valence-electron chi connectivity index (χ2n) is 8.34. The number of hydrogen-bond acceptors (Lipinski definition) is 6. The zero-order valence-corrected chi connectivity index (χ0v) is 18.6. The standard InChI is InChI=1S/C24H24N4O2S/c1-14-10-18(16(3)28(14)17-7-8-20-21(11-17)30-13-29-20)23-22(19-6-4-5-9-25-19)26-24-27(23)12-15(2)31-24/h4-11,15,22-23H,12-13H2,1-3H3/t15-,22-,23-/m0/s1. The lowest BCUT2D eigenvalue weighted by molar-refractivity contribution is 0.174. The van der Waals surface area contributed by atoms with Crippen LogP contribution in [0.3, 0.4) is 0 Å². The predicted octanol–water partition coefficient (Wildman–Crippen LogP) is 4.81. The molecule has 2 aromatic heterocycles. The lowest BCUT2D eigenvalue weighted by Gasteiger charge is -2.27. The van der Waals surface area contributed by atoms with Gasteiger partial charge in [-0.05, 0) is 49.7 Å². The number of pyridine rings is 1. The average molecular weight is 433 g/mol. The number of aliphatic imine (C=N–C) groups is 1. The topological polar surface area (TPSA) is 51.9 Å². The Morgan fingerprint density at radius 2 is 1.94 bits per heavy atom. The van der Waals surface area contributed by atoms with E-state index < -0.39 is 0 Å². The molecule has 0 N–H and O–H groups in total. The van der Waals surface area contributed by atoms with Crippen molar-refractivity contribution in [2.75, 3.05) is 13.3 Å². The quantitative estimate of drug-likeness (QED) is 0.595. The Labute approximate surface area is 185 Å². The maximum absolute atomic E-state index is 5.62. The fourth-order valence-electron chi connectivity index (χ4n) is 4.96. The van der Waals surface area contributed by atoms with E-state index in [0.717, 1.165) is 34.6 Å². The monoisotopic (exact) mass is 432 g/mol. The summed E-state index contributed by atoms with van der Waals surface area (Å²) < 4.78 is 13.4. The van der Waals surface area contributed by atoms with Crippen LogP contribution in [-0.2, 0) is 0 Å². The van der Waals surface area contributed by atoms with Gasteiger partial charge in [0.05, 0.1) is 11.7 Å². The molecule has 1 aromatic carbocycles. The summed E-state index contributed by atoms with van der Waals surface area (Å²) in [6.45, 7) is 7.92. The summed E-state index contributed by atoms with van der Waals surface area (Å²) in [7, 11) is 0. The lowest BCUT2D eigenvalue weighted by Crippen LogP contribution is -2.28. The van der Waals surface area contributed by atoms with Crippen molar-refractivity contribution in [3.63, 3.8) is 0 Å². The number of rotatable bonds is 3. The summed E-state index contributed by atoms with van der Waals surface area (Å²) in [5.74, 6) is 1.60. The highest BCUT2D eigenvalue weighted by Crippen LogP contribution is 2.49. The summed E-state index contributed by atoms with van der Waals surface area (Å²) in [5, 5.41) is 1.68. The smallest absolute Gasteiger partial charge is 0.231 e. The van der Waals surface area contributed by atoms with Gasteiger partial charge in [-0.15, -0.1) is 0 Å². The van der Waals surface area contributed by atoms with Gasteiger partial charge in [0.2, 0.25) is 6.79 Å². The Balaban J connectivity index is 1.45. The third-order valence-electron chi connectivity index (χ3n) is 6.28. The zero-order valence-electron chi connectivity index (χ0n) is 17.8. The van der Waals surface area contributed by atoms with Crippen molar-refractivity contribution >= 4 is 16.9 Å². The highest BCUT2D eigenvalue weighted by atomic mass is 32.2. The van der Waals surface area contributed by atoms with Gasteiger partial charge in [-0.2, -0.15) is 0 Å². The van der Waals surface area contributed by atoms with Gasteiger partial charge in [0.15, 0.2) is 16.7 Å². The van der Waals surface area contributed by atoms with Crippen molar-refractivity contribution in [3.05, 3.63) is 71.3 Å². The zero-order chi connectivity index (χ0) is 21.1. The van der Waals surface area contributed by atoms with Gasteiger partial charge in [0.1, 0.15) is 6.04 Å². The molecular weight excluding hydrogens is 408 g/mol. The summed E-state index contributed by atoms with van der Waals surface area (Å²) in [6.07, 6.45) is 1.86. The fourth-order valence-corrected chi connectivity index (χ4v) is 6.06. The van der Waals surface area contributed by atoms with Gasteiger partial charge >= 0.3 is 0 Å². The molecular formula is C24H24N4O2S. The van der Waals surface area contributed by atoms with Crippen molar-refractivity contribution in [2.24, 2.45) is 4.99 Å². The molecule has 0 aliphatic carbocycles. The molecule has 3 aromatic rings. The van der Waals surface area contributed by atoms with Crippen LogP contribution in [-0.4, -0.2) is 38.2 Å². The van der Waals surface area contributed by atoms with E-state index in [4.69, 9.17) is 14.5 Å². The van der Waals surface area contributed by atoms with Crippen molar-refractivity contribution in [3.8, 4) is 17.2 Å². The number of hydrogen-bond donors (Lipinski definition) is 0. The molecule has 7 heteroatoms. The molecule has 31 heavy (non-hydrogen) atoms. The summed E-state index contributed by atoms with van der Waals surface area (Å²) in [6, 6.07) is 14.7. The molecule has 1 saturated heterocycles. The van der Waals surface area contributed by atoms with Gasteiger partial charge in [0.25, 0.3) is 0 Å². The highest BCUT2D eigenvalue weighted by Gasteiger charge is 2.44. The molecule has 0 radical (unpaired) electrons. The SMILES string of the molecule is Cc1cc([C@H]2[C@H](c3ccccn3)N=C3S[C@@H](C)CN32)c(C)n1-c1ccc2c(c1)OCO2. The molecule has 3 atom stereocenters. The van der Waals surface area contributed by atoms with Crippen molar-refractivity contribution in [1.82, 2.24) is 14.5 Å². The lowest BCUT2D eigenvalue weighted by atomic mass is 9.96. The molecule has 0 spiro atoms. The molecule has 158 valence electrons. The predicted molar refractivity (Wildman–Crippen MR) is 122 cm³/mol. The van der Waals surface area contributed by atoms with Crippen LogP contribution in [0.15, 0.2) is 53.7 Å². The van der Waals surface area contributed by atoms with Crippen LogP contribution in [0.4, 0.5) is 0 Å². The minimum absolute atomic E-state index is 0.00176. The van der Waals surface area contributed by atoms with Gasteiger partial charge in [-0.25, -0.2) is 0 Å². The minimum atomic E-state index is 0.00176. The number of aryl methyl sites for hydroxylation is 1. The van der Waals surface area contributed by atoms with E-state index in [-0.39, 0.29) is 18.9 Å². The molecule has 0 unspecified atom stereocenters. The van der Waals surface area contributed by atoms with Gasteiger partial charge in [0, 0.05) is 41.1 Å². The molecule has 0 saturated carbocycles. The van der Waals surface area contributed by atoms with Crippen molar-refractivity contribution < 1.29 is 9.47 Å². The normalized spacial score (nSPS) is 23.9. The van der Waals surface area contributed by atoms with E-state index in [0.29, 0.717) is 5.25 Å². The minimum Gasteiger partial charge on any atom is -0.454 e. The number of amidine groups is 1. The van der Waals surface area contributed by atoms with Crippen LogP contribution in [0.25, 0.3) is 5.69 Å². The summed E-state index contributed by atoms with van der Waals surface area (Å²) >= 11 is 1.87. The largest absolute Gasteiger partial charge is 0.454 e. The van der Waals surface area contributed by atoms with E-state index in [2.05, 4.69) is 65.6 Å². The molecule has 6 nitrogen and oxygen atoms in total. The molecule has 0 amide bonds. The number of ether oxygens (including phenoxy) is 2. The molecule has 6 rings (SSSR count). The van der Waals surface area contributed by atoms with Crippen molar-refractivity contribution in [2.45, 2.75) is 38.1 Å². The van der Waals surface area contributed by atoms with Gasteiger partial charge < -0.3 is 18.9 Å². The second kappa shape index (κ2) is 7.05. The number of nitrogens with zero attached hydrogens (tertiary/aromatic N) is 4. The number of benzene rings is 1. The summed E-state index contributed by atoms with van der Waals surface area (Å²) in [4.78, 5) is 12.3. The first-order chi connectivity index (χ1) is 15.1. The van der Waals surface area contributed by atoms with E-state index in [1.807, 2.05) is 30.1 Å². The maximum Gasteiger partial charge on any atom is 0.231 e. The Hall–Kier alpha value is -2.93. The van der Waals surface area contributed by atoms with Crippen LogP contribution in [0.5, 0.6) is 11.5 Å². The molecule has 0 bridgehead atoms. The van der Waals surface area contributed by atoms with Crippen LogP contribution in [0.2, 0.25) is 0 Å². The highest BCUT2D eigenvalue weighted by molar-refractivity contribution is 8.14. The first-order valence-electron chi connectivity index (χ1n) is 10.6. The van der Waals surface area contributed by atoms with Crippen LogP contribution in [0, 0.1) is 13.8 Å². The van der Waals surface area contributed by atoms with Crippen LogP contribution in [0.1, 0.15) is 41.7 Å². The van der Waals surface area contributed by atoms with E-state index in [1.165, 1.54) is 17.0 Å². The first kappa shape index (κ1) is 18.8. The van der Waals surface area contributed by atoms with Gasteiger partial charge in [-0.1, -0.05) is 24.8 Å². The van der Waals surface area contributed by atoms with Gasteiger partial charge in [-0.3, -0.25) is 9.98 Å². The van der Waals surface area contributed by atoms with Crippen LogP contribution < -0.4 is 9.47 Å². The molecule has 3 aliphatic heterocycles. The number of aromatic nitrogens is 2. The third kappa shape index (κ3) is 2.94. The second-order valence-corrected chi connectivity index (χ2v) is 9.74. The maximum atomic E-state index is 5.62. The number of fused-ring (bicyclic) bond motifs is 2. The number of thioether (sulfide) groups is 1. The average Bonchev–Trinajstić information content (AvgIpc) is 3.51. The van der Waals surface area contributed by atoms with E-state index in [1.54, 1.807) is 0 Å². The summed E-state index contributed by atoms with van der Waals surface area (Å²) in [5.41, 5.74) is 5.83. The Bertz CT molecular complexity index is 1190. The molecule has 3 aliphatic rings. The van der Waals surface area contributed by atoms with E-state index >= 15 is 0 Å². The van der Waals surface area contributed by atoms with Crippen LogP contribution >= 0.6 is 11.8 Å². The third-order valence-corrected chi connectivity index (χ3v) is 7.39. The molecule has 5 heterocycles. The fraction of sp³-hybridized carbons (Fsp3) is 0.333. The Kier molecular flexibility index (Phi) is 4.28. The van der Waals surface area contributed by atoms with Crippen molar-refractivity contribution in [1.29, 1.82) is 0 Å². The first-order valence-corrected chi connectivity index (χ1v) is 11.5. The molecule has 1 fully saturated rings. The Morgan fingerprint density at radius 3 is 2.77 bits per heavy atom. The Morgan fingerprint density at radius 1 is 1.06 bits per heavy atom. The van der Waals surface area contributed by atoms with E-state index in [9.17, 15) is 0 Å².